The third kappa shape index (κ3) is 2.69. The van der Waals surface area contributed by atoms with Gasteiger partial charge in [0.15, 0.2) is 0 Å². The standard InChI is InChI=1S/C12H10ClFN2O2S/c1-16(12-4-2-3-7-15-12)19(17,18)11-6-5-9(14)8-10(11)13/h2-8H,1H3. The summed E-state index contributed by atoms with van der Waals surface area (Å²) in [6, 6.07) is 8.03. The van der Waals surface area contributed by atoms with Crippen LogP contribution in [0.3, 0.4) is 0 Å². The zero-order valence-electron chi connectivity index (χ0n) is 9.92. The van der Waals surface area contributed by atoms with Gasteiger partial charge in [-0.25, -0.2) is 17.8 Å². The van der Waals surface area contributed by atoms with Crippen LogP contribution in [-0.2, 0) is 10.0 Å². The molecule has 1 aromatic carbocycles. The first-order valence-electron chi connectivity index (χ1n) is 5.28. The second kappa shape index (κ2) is 5.14. The average Bonchev–Trinajstić information content (AvgIpc) is 2.38. The first-order valence-corrected chi connectivity index (χ1v) is 7.10. The van der Waals surface area contributed by atoms with Gasteiger partial charge in [-0.15, -0.1) is 0 Å². The van der Waals surface area contributed by atoms with Gasteiger partial charge in [0.2, 0.25) is 0 Å². The molecule has 19 heavy (non-hydrogen) atoms. The summed E-state index contributed by atoms with van der Waals surface area (Å²) in [5, 5.41) is -0.164. The summed E-state index contributed by atoms with van der Waals surface area (Å²) < 4.78 is 38.6. The topological polar surface area (TPSA) is 50.3 Å². The van der Waals surface area contributed by atoms with Crippen molar-refractivity contribution in [1.82, 2.24) is 4.98 Å². The highest BCUT2D eigenvalue weighted by atomic mass is 35.5. The molecule has 2 rings (SSSR count). The highest BCUT2D eigenvalue weighted by molar-refractivity contribution is 7.92. The van der Waals surface area contributed by atoms with Gasteiger partial charge in [0.05, 0.1) is 5.02 Å². The molecule has 0 saturated heterocycles. The number of benzene rings is 1. The minimum absolute atomic E-state index is 0.163. The van der Waals surface area contributed by atoms with E-state index in [9.17, 15) is 12.8 Å². The Labute approximate surface area is 115 Å². The van der Waals surface area contributed by atoms with E-state index in [1.165, 1.54) is 13.2 Å². The van der Waals surface area contributed by atoms with E-state index in [2.05, 4.69) is 4.98 Å². The van der Waals surface area contributed by atoms with Crippen LogP contribution >= 0.6 is 11.6 Å². The Morgan fingerprint density at radius 2 is 2.00 bits per heavy atom. The summed E-state index contributed by atoms with van der Waals surface area (Å²) in [4.78, 5) is 3.78. The Bertz CT molecular complexity index is 692. The minimum atomic E-state index is -3.87. The Morgan fingerprint density at radius 1 is 1.26 bits per heavy atom. The highest BCUT2D eigenvalue weighted by Gasteiger charge is 2.24. The molecule has 4 nitrogen and oxygen atoms in total. The first-order chi connectivity index (χ1) is 8.93. The van der Waals surface area contributed by atoms with Crippen LogP contribution in [0, 0.1) is 5.82 Å². The Morgan fingerprint density at radius 3 is 2.58 bits per heavy atom. The average molecular weight is 301 g/mol. The number of pyridine rings is 1. The summed E-state index contributed by atoms with van der Waals surface area (Å²) in [5.74, 6) is -0.340. The molecule has 0 amide bonds. The molecule has 0 aliphatic carbocycles. The van der Waals surface area contributed by atoms with Gasteiger partial charge in [0.25, 0.3) is 10.0 Å². The summed E-state index contributed by atoms with van der Waals surface area (Å²) in [6.07, 6.45) is 1.48. The smallest absolute Gasteiger partial charge is 0.253 e. The monoisotopic (exact) mass is 300 g/mol. The summed E-state index contributed by atoms with van der Waals surface area (Å²) in [6.45, 7) is 0. The fourth-order valence-electron chi connectivity index (χ4n) is 1.50. The molecule has 1 heterocycles. The number of rotatable bonds is 3. The van der Waals surface area contributed by atoms with E-state index >= 15 is 0 Å². The van der Waals surface area contributed by atoms with Crippen LogP contribution < -0.4 is 4.31 Å². The molecule has 0 unspecified atom stereocenters. The maximum Gasteiger partial charge on any atom is 0.266 e. The Balaban J connectivity index is 2.48. The maximum absolute atomic E-state index is 13.0. The number of hydrogen-bond donors (Lipinski definition) is 0. The van der Waals surface area contributed by atoms with E-state index in [0.717, 1.165) is 22.5 Å². The summed E-state index contributed by atoms with van der Waals surface area (Å²) in [5.41, 5.74) is 0. The van der Waals surface area contributed by atoms with E-state index in [1.54, 1.807) is 18.2 Å². The SMILES string of the molecule is CN(c1ccccn1)S(=O)(=O)c1ccc(F)cc1Cl. The lowest BCUT2D eigenvalue weighted by molar-refractivity contribution is 0.593. The van der Waals surface area contributed by atoms with Crippen molar-refractivity contribution in [3.8, 4) is 0 Å². The number of hydrogen-bond acceptors (Lipinski definition) is 3. The van der Waals surface area contributed by atoms with Crippen molar-refractivity contribution in [2.45, 2.75) is 4.90 Å². The summed E-state index contributed by atoms with van der Waals surface area (Å²) >= 11 is 5.78. The predicted octanol–water partition coefficient (Wildman–Crippen LogP) is 2.70. The van der Waals surface area contributed by atoms with Crippen molar-refractivity contribution in [1.29, 1.82) is 0 Å². The number of anilines is 1. The Hall–Kier alpha value is -1.66. The van der Waals surface area contributed by atoms with Gasteiger partial charge in [-0.05, 0) is 30.3 Å². The maximum atomic E-state index is 13.0. The third-order valence-electron chi connectivity index (χ3n) is 2.50. The quantitative estimate of drug-likeness (QED) is 0.875. The van der Waals surface area contributed by atoms with Gasteiger partial charge in [0, 0.05) is 13.2 Å². The molecule has 0 fully saturated rings. The van der Waals surface area contributed by atoms with E-state index in [1.807, 2.05) is 0 Å². The number of nitrogens with zero attached hydrogens (tertiary/aromatic N) is 2. The van der Waals surface area contributed by atoms with Gasteiger partial charge in [-0.2, -0.15) is 0 Å². The zero-order chi connectivity index (χ0) is 14.0. The van der Waals surface area contributed by atoms with E-state index < -0.39 is 15.8 Å². The van der Waals surface area contributed by atoms with Crippen molar-refractivity contribution in [2.24, 2.45) is 0 Å². The van der Waals surface area contributed by atoms with Crippen LogP contribution in [0.25, 0.3) is 0 Å². The van der Waals surface area contributed by atoms with Crippen LogP contribution in [0.4, 0.5) is 10.2 Å². The van der Waals surface area contributed by atoms with Gasteiger partial charge in [-0.3, -0.25) is 4.31 Å². The van der Waals surface area contributed by atoms with Crippen molar-refractivity contribution in [2.75, 3.05) is 11.4 Å². The van der Waals surface area contributed by atoms with Crippen molar-refractivity contribution < 1.29 is 12.8 Å². The summed E-state index contributed by atoms with van der Waals surface area (Å²) in [7, 11) is -2.51. The van der Waals surface area contributed by atoms with E-state index in [-0.39, 0.29) is 15.7 Å². The molecule has 0 saturated carbocycles. The molecular weight excluding hydrogens is 291 g/mol. The lowest BCUT2D eigenvalue weighted by Gasteiger charge is -2.18. The highest BCUT2D eigenvalue weighted by Crippen LogP contribution is 2.26. The number of aromatic nitrogens is 1. The molecule has 0 aliphatic heterocycles. The molecule has 1 aromatic heterocycles. The molecule has 0 atom stereocenters. The second-order valence-electron chi connectivity index (χ2n) is 3.74. The van der Waals surface area contributed by atoms with Crippen molar-refractivity contribution >= 4 is 27.4 Å². The van der Waals surface area contributed by atoms with Crippen LogP contribution in [0.1, 0.15) is 0 Å². The van der Waals surface area contributed by atoms with E-state index in [0.29, 0.717) is 0 Å². The minimum Gasteiger partial charge on any atom is -0.253 e. The van der Waals surface area contributed by atoms with E-state index in [4.69, 9.17) is 11.6 Å². The molecule has 100 valence electrons. The zero-order valence-corrected chi connectivity index (χ0v) is 11.5. The molecule has 0 radical (unpaired) electrons. The molecule has 0 aliphatic rings. The normalized spacial score (nSPS) is 11.3. The second-order valence-corrected chi connectivity index (χ2v) is 6.08. The largest absolute Gasteiger partial charge is 0.266 e. The molecule has 0 bridgehead atoms. The fraction of sp³-hybridized carbons (Fsp3) is 0.0833. The van der Waals surface area contributed by atoms with Crippen molar-refractivity contribution in [3.63, 3.8) is 0 Å². The van der Waals surface area contributed by atoms with Crippen LogP contribution in [0.15, 0.2) is 47.5 Å². The Kier molecular flexibility index (Phi) is 3.73. The number of sulfonamides is 1. The van der Waals surface area contributed by atoms with Crippen LogP contribution in [0.2, 0.25) is 5.02 Å². The van der Waals surface area contributed by atoms with Gasteiger partial charge >= 0.3 is 0 Å². The molecular formula is C12H10ClFN2O2S. The molecule has 0 N–H and O–H groups in total. The predicted molar refractivity (Wildman–Crippen MR) is 71.2 cm³/mol. The van der Waals surface area contributed by atoms with Crippen molar-refractivity contribution in [3.05, 3.63) is 53.4 Å². The van der Waals surface area contributed by atoms with Gasteiger partial charge in [-0.1, -0.05) is 17.7 Å². The molecule has 2 aromatic rings. The fourth-order valence-corrected chi connectivity index (χ4v) is 3.15. The lowest BCUT2D eigenvalue weighted by Crippen LogP contribution is -2.27. The van der Waals surface area contributed by atoms with Crippen LogP contribution in [-0.4, -0.2) is 20.4 Å². The molecule has 0 spiro atoms. The molecule has 7 heteroatoms. The van der Waals surface area contributed by atoms with Gasteiger partial charge in [0.1, 0.15) is 16.5 Å². The van der Waals surface area contributed by atoms with Gasteiger partial charge < -0.3 is 0 Å². The number of halogens is 2. The first kappa shape index (κ1) is 13.8. The lowest BCUT2D eigenvalue weighted by atomic mass is 10.3. The third-order valence-corrected chi connectivity index (χ3v) is 4.75. The van der Waals surface area contributed by atoms with Crippen LogP contribution in [0.5, 0.6) is 0 Å².